The lowest BCUT2D eigenvalue weighted by Gasteiger charge is -2.28. The van der Waals surface area contributed by atoms with Crippen molar-refractivity contribution in [3.63, 3.8) is 0 Å². The van der Waals surface area contributed by atoms with E-state index in [9.17, 15) is 8.42 Å². The molecule has 20 heavy (non-hydrogen) atoms. The lowest BCUT2D eigenvalue weighted by atomic mass is 9.94. The van der Waals surface area contributed by atoms with Gasteiger partial charge in [0.15, 0.2) is 0 Å². The fourth-order valence-electron chi connectivity index (χ4n) is 2.47. The average molecular weight is 297 g/mol. The quantitative estimate of drug-likeness (QED) is 0.836. The molecule has 5 heteroatoms. The van der Waals surface area contributed by atoms with Crippen molar-refractivity contribution < 1.29 is 13.2 Å². The third-order valence-electron chi connectivity index (χ3n) is 3.81. The normalized spacial score (nSPS) is 16.4. The molecule has 0 amide bonds. The van der Waals surface area contributed by atoms with E-state index in [0.29, 0.717) is 19.0 Å². The van der Waals surface area contributed by atoms with Crippen LogP contribution in [0.15, 0.2) is 18.2 Å². The van der Waals surface area contributed by atoms with Crippen molar-refractivity contribution >= 4 is 10.0 Å². The van der Waals surface area contributed by atoms with E-state index in [4.69, 9.17) is 4.74 Å². The SMILES string of the molecule is COCCS(=O)(=O)N1CCc2ccc(C(C)C)cc2C1. The van der Waals surface area contributed by atoms with Crippen LogP contribution in [0.1, 0.15) is 36.5 Å². The van der Waals surface area contributed by atoms with E-state index in [0.717, 1.165) is 12.0 Å². The Balaban J connectivity index is 2.19. The minimum Gasteiger partial charge on any atom is -0.384 e. The summed E-state index contributed by atoms with van der Waals surface area (Å²) in [5.41, 5.74) is 3.68. The van der Waals surface area contributed by atoms with Crippen LogP contribution in [0.25, 0.3) is 0 Å². The van der Waals surface area contributed by atoms with Crippen molar-refractivity contribution in [2.45, 2.75) is 32.7 Å². The maximum atomic E-state index is 12.2. The largest absolute Gasteiger partial charge is 0.384 e. The van der Waals surface area contributed by atoms with Crippen molar-refractivity contribution in [2.24, 2.45) is 0 Å². The number of hydrogen-bond donors (Lipinski definition) is 0. The molecule has 112 valence electrons. The zero-order chi connectivity index (χ0) is 14.8. The highest BCUT2D eigenvalue weighted by atomic mass is 32.2. The topological polar surface area (TPSA) is 46.6 Å². The van der Waals surface area contributed by atoms with E-state index < -0.39 is 10.0 Å². The van der Waals surface area contributed by atoms with Crippen LogP contribution < -0.4 is 0 Å². The number of benzene rings is 1. The smallest absolute Gasteiger partial charge is 0.216 e. The Bertz CT molecular complexity index is 566. The molecule has 0 saturated heterocycles. The van der Waals surface area contributed by atoms with Gasteiger partial charge in [-0.2, -0.15) is 4.31 Å². The number of sulfonamides is 1. The first-order valence-electron chi connectivity index (χ1n) is 7.02. The molecule has 1 heterocycles. The monoisotopic (exact) mass is 297 g/mol. The van der Waals surface area contributed by atoms with Gasteiger partial charge < -0.3 is 4.74 Å². The summed E-state index contributed by atoms with van der Waals surface area (Å²) in [4.78, 5) is 0. The zero-order valence-corrected chi connectivity index (χ0v) is 13.2. The van der Waals surface area contributed by atoms with Crippen molar-refractivity contribution in [1.82, 2.24) is 4.31 Å². The highest BCUT2D eigenvalue weighted by Gasteiger charge is 2.26. The van der Waals surface area contributed by atoms with Crippen LogP contribution in [0, 0.1) is 0 Å². The van der Waals surface area contributed by atoms with Gasteiger partial charge in [-0.15, -0.1) is 0 Å². The van der Waals surface area contributed by atoms with Gasteiger partial charge in [-0.05, 0) is 29.0 Å². The summed E-state index contributed by atoms with van der Waals surface area (Å²) in [6, 6.07) is 6.44. The molecule has 0 radical (unpaired) electrons. The fourth-order valence-corrected chi connectivity index (χ4v) is 3.81. The number of fused-ring (bicyclic) bond motifs is 1. The van der Waals surface area contributed by atoms with E-state index in [1.807, 2.05) is 0 Å². The van der Waals surface area contributed by atoms with Crippen LogP contribution in [0.3, 0.4) is 0 Å². The minimum atomic E-state index is -3.21. The maximum Gasteiger partial charge on any atom is 0.216 e. The Morgan fingerprint density at radius 2 is 2.05 bits per heavy atom. The molecule has 0 aliphatic carbocycles. The second-order valence-corrected chi connectivity index (χ2v) is 7.66. The summed E-state index contributed by atoms with van der Waals surface area (Å²) in [5.74, 6) is 0.517. The molecule has 0 spiro atoms. The van der Waals surface area contributed by atoms with Crippen molar-refractivity contribution in [3.8, 4) is 0 Å². The van der Waals surface area contributed by atoms with Gasteiger partial charge in [0, 0.05) is 20.2 Å². The van der Waals surface area contributed by atoms with Gasteiger partial charge in [-0.3, -0.25) is 0 Å². The molecule has 0 atom stereocenters. The molecule has 1 aromatic rings. The van der Waals surface area contributed by atoms with Gasteiger partial charge in [0.1, 0.15) is 0 Å². The lowest BCUT2D eigenvalue weighted by molar-refractivity contribution is 0.215. The van der Waals surface area contributed by atoms with Gasteiger partial charge >= 0.3 is 0 Å². The molecule has 0 unspecified atom stereocenters. The fraction of sp³-hybridized carbons (Fsp3) is 0.600. The molecule has 0 fully saturated rings. The number of methoxy groups -OCH3 is 1. The first kappa shape index (κ1) is 15.5. The first-order valence-corrected chi connectivity index (χ1v) is 8.63. The van der Waals surface area contributed by atoms with Crippen LogP contribution >= 0.6 is 0 Å². The molecule has 1 aliphatic heterocycles. The summed E-state index contributed by atoms with van der Waals surface area (Å²) in [6.07, 6.45) is 0.792. The third-order valence-corrected chi connectivity index (χ3v) is 5.59. The van der Waals surface area contributed by atoms with E-state index in [2.05, 4.69) is 32.0 Å². The minimum absolute atomic E-state index is 0.0582. The summed E-state index contributed by atoms with van der Waals surface area (Å²) in [5, 5.41) is 0. The van der Waals surface area contributed by atoms with Crippen molar-refractivity contribution in [1.29, 1.82) is 0 Å². The Morgan fingerprint density at radius 1 is 1.30 bits per heavy atom. The summed E-state index contributed by atoms with van der Waals surface area (Å²) < 4.78 is 30.9. The van der Waals surface area contributed by atoms with Crippen molar-refractivity contribution in [3.05, 3.63) is 34.9 Å². The second kappa shape index (κ2) is 6.24. The van der Waals surface area contributed by atoms with E-state index in [1.54, 1.807) is 4.31 Å². The molecular weight excluding hydrogens is 274 g/mol. The summed E-state index contributed by atoms with van der Waals surface area (Å²) in [7, 11) is -1.69. The average Bonchev–Trinajstić information content (AvgIpc) is 2.43. The molecule has 4 nitrogen and oxygen atoms in total. The van der Waals surface area contributed by atoms with Gasteiger partial charge in [-0.25, -0.2) is 8.42 Å². The lowest BCUT2D eigenvalue weighted by Crippen LogP contribution is -2.38. The molecule has 0 saturated carbocycles. The van der Waals surface area contributed by atoms with Gasteiger partial charge in [0.2, 0.25) is 10.0 Å². The Morgan fingerprint density at radius 3 is 2.70 bits per heavy atom. The standard InChI is InChI=1S/C15H23NO3S/c1-12(2)14-5-4-13-6-7-16(11-15(13)10-14)20(17,18)9-8-19-3/h4-5,10,12H,6-9,11H2,1-3H3. The summed E-state index contributed by atoms with van der Waals surface area (Å²) >= 11 is 0. The van der Waals surface area contributed by atoms with Crippen LogP contribution in [-0.2, 0) is 27.7 Å². The maximum absolute atomic E-state index is 12.2. The molecule has 1 aliphatic rings. The van der Waals surface area contributed by atoms with Gasteiger partial charge in [0.05, 0.1) is 12.4 Å². The predicted molar refractivity (Wildman–Crippen MR) is 80.3 cm³/mol. The van der Waals surface area contributed by atoms with Gasteiger partial charge in [0.25, 0.3) is 0 Å². The Kier molecular flexibility index (Phi) is 4.83. The number of nitrogens with zero attached hydrogens (tertiary/aromatic N) is 1. The van der Waals surface area contributed by atoms with Gasteiger partial charge in [-0.1, -0.05) is 32.0 Å². The molecule has 0 aromatic heterocycles. The van der Waals surface area contributed by atoms with Crippen LogP contribution in [0.5, 0.6) is 0 Å². The first-order chi connectivity index (χ1) is 9.44. The van der Waals surface area contributed by atoms with E-state index in [-0.39, 0.29) is 12.4 Å². The molecule has 1 aromatic carbocycles. The second-order valence-electron chi connectivity index (χ2n) is 5.58. The van der Waals surface area contributed by atoms with E-state index >= 15 is 0 Å². The molecule has 0 N–H and O–H groups in total. The van der Waals surface area contributed by atoms with Crippen LogP contribution in [0.2, 0.25) is 0 Å². The zero-order valence-electron chi connectivity index (χ0n) is 12.4. The molecule has 2 rings (SSSR count). The van der Waals surface area contributed by atoms with Crippen LogP contribution in [0.4, 0.5) is 0 Å². The Hall–Kier alpha value is -0.910. The number of rotatable bonds is 5. The predicted octanol–water partition coefficient (Wildman–Crippen LogP) is 2.14. The number of ether oxygens (including phenoxy) is 1. The van der Waals surface area contributed by atoms with E-state index in [1.165, 1.54) is 18.2 Å². The highest BCUT2D eigenvalue weighted by molar-refractivity contribution is 7.89. The highest BCUT2D eigenvalue weighted by Crippen LogP contribution is 2.25. The van der Waals surface area contributed by atoms with Crippen molar-refractivity contribution in [2.75, 3.05) is 26.0 Å². The number of hydrogen-bond acceptors (Lipinski definition) is 3. The third kappa shape index (κ3) is 3.40. The summed E-state index contributed by atoms with van der Waals surface area (Å²) in [6.45, 7) is 5.61. The Labute approximate surface area is 121 Å². The molecule has 0 bridgehead atoms. The molecular formula is C15H23NO3S. The van der Waals surface area contributed by atoms with Crippen LogP contribution in [-0.4, -0.2) is 38.7 Å².